The number of aliphatic hydroxyl groups is 2. The second kappa shape index (κ2) is 7.66. The lowest BCUT2D eigenvalue weighted by atomic mass is 9.48. The first-order valence-corrected chi connectivity index (χ1v) is 19.0. The predicted molar refractivity (Wildman–Crippen MR) is 175 cm³/mol. The number of piperidine rings is 2. The van der Waals surface area contributed by atoms with Gasteiger partial charge in [-0.05, 0) is 97.2 Å². The Labute approximate surface area is 283 Å². The Morgan fingerprint density at radius 3 is 2.24 bits per heavy atom. The number of likely N-dealkylation sites (tertiary alicyclic amines) is 2. The van der Waals surface area contributed by atoms with Gasteiger partial charge in [0.1, 0.15) is 0 Å². The third-order valence-electron chi connectivity index (χ3n) is 16.4. The van der Waals surface area contributed by atoms with E-state index in [4.69, 9.17) is 9.47 Å². The van der Waals surface area contributed by atoms with Crippen LogP contribution in [0, 0.1) is 17.8 Å². The first-order chi connectivity index (χ1) is 23.8. The molecule has 10 atom stereocenters. The fraction of sp³-hybridized carbons (Fsp3) is 0.600. The van der Waals surface area contributed by atoms with Crippen LogP contribution < -0.4 is 9.47 Å². The maximum absolute atomic E-state index is 13.5. The topological polar surface area (TPSA) is 122 Å². The molecule has 0 radical (unpaired) electrons. The lowest BCUT2D eigenvalue weighted by Gasteiger charge is -2.63. The molecule has 3 unspecified atom stereocenters. The number of ether oxygens (including phenoxy) is 2. The minimum atomic E-state index is -1.09. The largest absolute Gasteiger partial charge is 0.504 e. The van der Waals surface area contributed by atoms with Gasteiger partial charge in [-0.25, -0.2) is 0 Å². The van der Waals surface area contributed by atoms with Gasteiger partial charge < -0.3 is 34.9 Å². The van der Waals surface area contributed by atoms with Crippen LogP contribution in [0.4, 0.5) is 0 Å². The molecule has 0 amide bonds. The number of aromatic hydroxyl groups is 2. The minimum absolute atomic E-state index is 0.00139. The number of aromatic amines is 1. The molecule has 5 fully saturated rings. The molecular weight excluding hydrogens is 618 g/mol. The highest BCUT2D eigenvalue weighted by Crippen LogP contribution is 2.81. The van der Waals surface area contributed by atoms with E-state index < -0.39 is 34.2 Å². The van der Waals surface area contributed by atoms with Gasteiger partial charge in [0.15, 0.2) is 35.2 Å². The van der Waals surface area contributed by atoms with E-state index >= 15 is 0 Å². The van der Waals surface area contributed by atoms with Crippen LogP contribution in [0.3, 0.4) is 0 Å². The van der Waals surface area contributed by atoms with Crippen molar-refractivity contribution in [1.82, 2.24) is 14.8 Å². The molecule has 2 aromatic carbocycles. The van der Waals surface area contributed by atoms with Gasteiger partial charge in [-0.3, -0.25) is 9.80 Å². The zero-order valence-electron chi connectivity index (χ0n) is 27.4. The number of aromatic nitrogens is 1. The first kappa shape index (κ1) is 26.6. The van der Waals surface area contributed by atoms with Crippen LogP contribution >= 0.6 is 0 Å². The molecule has 49 heavy (non-hydrogen) atoms. The van der Waals surface area contributed by atoms with Gasteiger partial charge in [-0.1, -0.05) is 12.1 Å². The van der Waals surface area contributed by atoms with E-state index in [1.807, 2.05) is 0 Å². The van der Waals surface area contributed by atoms with Crippen molar-refractivity contribution in [2.45, 2.75) is 104 Å². The van der Waals surface area contributed by atoms with Gasteiger partial charge in [-0.15, -0.1) is 0 Å². The third kappa shape index (κ3) is 2.50. The van der Waals surface area contributed by atoms with Gasteiger partial charge in [0.05, 0.1) is 33.4 Å². The lowest BCUT2D eigenvalue weighted by molar-refractivity contribution is -0.173. The average molecular weight is 660 g/mol. The Balaban J connectivity index is 0.996. The number of hydrogen-bond acceptors (Lipinski definition) is 8. The minimum Gasteiger partial charge on any atom is -0.504 e. The summed E-state index contributed by atoms with van der Waals surface area (Å²) in [4.78, 5) is 9.11. The Kier molecular flexibility index (Phi) is 4.15. The smallest absolute Gasteiger partial charge is 0.166 e. The fourth-order valence-electron chi connectivity index (χ4n) is 14.5. The van der Waals surface area contributed by atoms with Crippen LogP contribution in [0.15, 0.2) is 24.3 Å². The third-order valence-corrected chi connectivity index (χ3v) is 16.4. The van der Waals surface area contributed by atoms with Gasteiger partial charge in [0, 0.05) is 61.6 Å². The normalized spacial score (nSPS) is 44.8. The molecule has 9 nitrogen and oxygen atoms in total. The molecule has 2 saturated heterocycles. The average Bonchev–Trinajstić information content (AvgIpc) is 3.85. The summed E-state index contributed by atoms with van der Waals surface area (Å²) >= 11 is 0. The van der Waals surface area contributed by atoms with E-state index in [2.05, 4.69) is 26.9 Å². The second-order valence-corrected chi connectivity index (χ2v) is 18.2. The predicted octanol–water partition coefficient (Wildman–Crippen LogP) is 3.60. The quantitative estimate of drug-likeness (QED) is 0.288. The van der Waals surface area contributed by atoms with Crippen molar-refractivity contribution in [2.24, 2.45) is 17.8 Å². The highest BCUT2D eigenvalue weighted by molar-refractivity contribution is 5.72. The number of nitrogens with one attached hydrogen (secondary N) is 1. The molecule has 5 heterocycles. The molecular formula is C40H41N3O6. The van der Waals surface area contributed by atoms with Crippen LogP contribution in [0.5, 0.6) is 23.0 Å². The first-order valence-electron chi connectivity index (χ1n) is 19.0. The van der Waals surface area contributed by atoms with E-state index in [0.717, 1.165) is 78.6 Å². The molecule has 6 bridgehead atoms. The number of H-pyrrole nitrogens is 1. The molecule has 3 saturated carbocycles. The van der Waals surface area contributed by atoms with Crippen LogP contribution in [-0.4, -0.2) is 84.7 Å². The molecule has 252 valence electrons. The summed E-state index contributed by atoms with van der Waals surface area (Å²) in [6, 6.07) is 7.69. The van der Waals surface area contributed by atoms with Crippen LogP contribution in [-0.2, 0) is 30.1 Å². The number of nitrogens with zero attached hydrogens (tertiary/aromatic N) is 2. The Morgan fingerprint density at radius 1 is 0.796 bits per heavy atom. The van der Waals surface area contributed by atoms with E-state index in [0.29, 0.717) is 30.3 Å². The monoisotopic (exact) mass is 659 g/mol. The molecule has 1 aromatic heterocycles. The Hall–Kier alpha value is -3.24. The standard InChI is InChI=1S/C40H41N3O6/c44-24-7-5-19-11-26-38(46)12-21-22-13-39(47)34-27-20-6-8-25(45)33-29(20)40(39,23(27)16-43(34)15-18-3-4-18)36(49-33)31(22)41-30(21)35-37(38,28(19)32(24)48-35)9-10-42(26)14-17-1-2-17/h5-8,17-18,23,26-27,34-36,41,44-47H,1-4,9-16H2/t23-,26?,27?,34?,35+,36+,37+,38-,39-,40+/m1/s1. The van der Waals surface area contributed by atoms with Crippen molar-refractivity contribution in [3.63, 3.8) is 0 Å². The maximum atomic E-state index is 13.5. The maximum Gasteiger partial charge on any atom is 0.166 e. The molecule has 4 aliphatic heterocycles. The summed E-state index contributed by atoms with van der Waals surface area (Å²) in [5, 5.41) is 49.5. The molecule has 14 rings (SSSR count). The highest BCUT2D eigenvalue weighted by Gasteiger charge is 2.85. The van der Waals surface area contributed by atoms with Crippen LogP contribution in [0.1, 0.15) is 95.0 Å². The van der Waals surface area contributed by atoms with Crippen molar-refractivity contribution in [3.8, 4) is 23.0 Å². The molecule has 9 heteroatoms. The summed E-state index contributed by atoms with van der Waals surface area (Å²) in [7, 11) is 0. The fourth-order valence-corrected chi connectivity index (χ4v) is 14.5. The molecule has 5 N–H and O–H groups in total. The molecule has 3 aromatic rings. The van der Waals surface area contributed by atoms with Crippen LogP contribution in [0.25, 0.3) is 0 Å². The Bertz CT molecular complexity index is 2090. The van der Waals surface area contributed by atoms with Crippen molar-refractivity contribution < 1.29 is 29.9 Å². The van der Waals surface area contributed by atoms with E-state index in [1.54, 1.807) is 12.1 Å². The van der Waals surface area contributed by atoms with Crippen molar-refractivity contribution in [2.75, 3.05) is 26.2 Å². The number of rotatable bonds is 4. The molecule has 2 spiro atoms. The van der Waals surface area contributed by atoms with Crippen molar-refractivity contribution in [1.29, 1.82) is 0 Å². The van der Waals surface area contributed by atoms with Crippen molar-refractivity contribution in [3.05, 3.63) is 69.0 Å². The summed E-state index contributed by atoms with van der Waals surface area (Å²) < 4.78 is 13.9. The highest BCUT2D eigenvalue weighted by atomic mass is 16.5. The second-order valence-electron chi connectivity index (χ2n) is 18.2. The zero-order chi connectivity index (χ0) is 32.1. The van der Waals surface area contributed by atoms with Crippen molar-refractivity contribution >= 4 is 0 Å². The number of phenolic OH excluding ortho intramolecular Hbond substituents is 2. The van der Waals surface area contributed by atoms with Crippen LogP contribution in [0.2, 0.25) is 0 Å². The van der Waals surface area contributed by atoms with E-state index in [1.165, 1.54) is 36.8 Å². The Morgan fingerprint density at radius 2 is 1.47 bits per heavy atom. The number of benzene rings is 2. The number of fused-ring (bicyclic) bond motifs is 6. The van der Waals surface area contributed by atoms with Gasteiger partial charge in [-0.2, -0.15) is 0 Å². The summed E-state index contributed by atoms with van der Waals surface area (Å²) in [5.41, 5.74) is 5.19. The van der Waals surface area contributed by atoms with E-state index in [-0.39, 0.29) is 35.4 Å². The summed E-state index contributed by atoms with van der Waals surface area (Å²) in [6.07, 6.45) is 6.65. The summed E-state index contributed by atoms with van der Waals surface area (Å²) in [5.74, 6) is 3.26. The zero-order valence-corrected chi connectivity index (χ0v) is 27.4. The lowest BCUT2D eigenvalue weighted by Crippen LogP contribution is -2.74. The van der Waals surface area contributed by atoms with Gasteiger partial charge in [0.25, 0.3) is 0 Å². The number of phenols is 2. The number of hydrogen-bond donors (Lipinski definition) is 5. The van der Waals surface area contributed by atoms with E-state index in [9.17, 15) is 20.4 Å². The SMILES string of the molecule is Oc1ccc2c3c1O[C@H]1c4[nH]c5c(c4C[C@@]4(O)C6C2[C@@H](CN6CC2CC2)[C@]314)C[C@@]1(O)C2Cc3ccc(O)c4c3[C@@]1(CCN2CC1CC1)[C@H]5O4. The molecule has 7 aliphatic carbocycles. The summed E-state index contributed by atoms with van der Waals surface area (Å²) in [6.45, 7) is 3.92. The van der Waals surface area contributed by atoms with Gasteiger partial charge in [0.2, 0.25) is 0 Å². The molecule has 11 aliphatic rings. The van der Waals surface area contributed by atoms with Gasteiger partial charge >= 0.3 is 0 Å².